The number of rotatable bonds is 2. The molecule has 2 nitrogen and oxygen atoms in total. The Morgan fingerprint density at radius 3 is 2.24 bits per heavy atom. The predicted octanol–water partition coefficient (Wildman–Crippen LogP) is 3.40. The SMILES string of the molecule is CC(C)c1ccc([C@@H]2S[C@@H](C)C(=O)N2C)cc1. The molecule has 0 unspecified atom stereocenters. The zero-order chi connectivity index (χ0) is 12.6. The summed E-state index contributed by atoms with van der Waals surface area (Å²) in [5.74, 6) is 0.784. The van der Waals surface area contributed by atoms with E-state index >= 15 is 0 Å². The fourth-order valence-corrected chi connectivity index (χ4v) is 3.36. The maximum Gasteiger partial charge on any atom is 0.236 e. The maximum atomic E-state index is 11.8. The summed E-state index contributed by atoms with van der Waals surface area (Å²) in [5.41, 5.74) is 2.57. The van der Waals surface area contributed by atoms with Gasteiger partial charge in [0, 0.05) is 7.05 Å². The van der Waals surface area contributed by atoms with E-state index in [0.717, 1.165) is 0 Å². The van der Waals surface area contributed by atoms with Crippen LogP contribution in [0.5, 0.6) is 0 Å². The lowest BCUT2D eigenvalue weighted by Crippen LogP contribution is -2.25. The Hall–Kier alpha value is -0.960. The van der Waals surface area contributed by atoms with Crippen LogP contribution in [0.4, 0.5) is 0 Å². The molecule has 17 heavy (non-hydrogen) atoms. The van der Waals surface area contributed by atoms with Gasteiger partial charge in [-0.3, -0.25) is 4.79 Å². The zero-order valence-electron chi connectivity index (χ0n) is 10.8. The van der Waals surface area contributed by atoms with Gasteiger partial charge >= 0.3 is 0 Å². The number of carbonyl (C=O) groups excluding carboxylic acids is 1. The van der Waals surface area contributed by atoms with E-state index in [-0.39, 0.29) is 16.5 Å². The fourth-order valence-electron chi connectivity index (χ4n) is 2.09. The molecule has 0 bridgehead atoms. The van der Waals surface area contributed by atoms with Gasteiger partial charge in [0.05, 0.1) is 5.25 Å². The largest absolute Gasteiger partial charge is 0.329 e. The van der Waals surface area contributed by atoms with Gasteiger partial charge in [-0.05, 0) is 24.0 Å². The Balaban J connectivity index is 2.21. The van der Waals surface area contributed by atoms with Crippen LogP contribution in [0.25, 0.3) is 0 Å². The van der Waals surface area contributed by atoms with E-state index in [9.17, 15) is 4.79 Å². The van der Waals surface area contributed by atoms with E-state index in [0.29, 0.717) is 5.92 Å². The molecule has 0 N–H and O–H groups in total. The molecule has 0 aliphatic carbocycles. The van der Waals surface area contributed by atoms with E-state index in [1.54, 1.807) is 11.8 Å². The standard InChI is InChI=1S/C14H19NOS/c1-9(2)11-5-7-12(8-6-11)14-15(4)13(16)10(3)17-14/h5-10,14H,1-4H3/t10-,14-/m0/s1. The van der Waals surface area contributed by atoms with Gasteiger partial charge in [0.1, 0.15) is 5.37 Å². The topological polar surface area (TPSA) is 20.3 Å². The van der Waals surface area contributed by atoms with Gasteiger partial charge in [-0.25, -0.2) is 0 Å². The second-order valence-corrected chi connectivity index (χ2v) is 6.33. The lowest BCUT2D eigenvalue weighted by Gasteiger charge is -2.19. The molecule has 92 valence electrons. The first kappa shape index (κ1) is 12.5. The highest BCUT2D eigenvalue weighted by atomic mass is 32.2. The Morgan fingerprint density at radius 1 is 1.24 bits per heavy atom. The number of hydrogen-bond donors (Lipinski definition) is 0. The molecule has 3 heteroatoms. The van der Waals surface area contributed by atoms with Gasteiger partial charge in [0.25, 0.3) is 0 Å². The lowest BCUT2D eigenvalue weighted by atomic mass is 10.0. The zero-order valence-corrected chi connectivity index (χ0v) is 11.6. The molecule has 0 aromatic heterocycles. The first-order valence-electron chi connectivity index (χ1n) is 6.02. The second-order valence-electron chi connectivity index (χ2n) is 4.90. The average molecular weight is 249 g/mol. The van der Waals surface area contributed by atoms with Crippen molar-refractivity contribution in [3.63, 3.8) is 0 Å². The molecule has 1 saturated heterocycles. The summed E-state index contributed by atoms with van der Waals surface area (Å²) in [4.78, 5) is 13.6. The number of amides is 1. The quantitative estimate of drug-likeness (QED) is 0.800. The highest BCUT2D eigenvalue weighted by Gasteiger charge is 2.35. The number of benzene rings is 1. The molecule has 0 spiro atoms. The molecule has 1 aliphatic rings. The molecule has 1 aromatic rings. The molecule has 2 atom stereocenters. The Morgan fingerprint density at radius 2 is 1.82 bits per heavy atom. The molecule has 1 amide bonds. The van der Waals surface area contributed by atoms with E-state index in [1.807, 2.05) is 18.9 Å². The van der Waals surface area contributed by atoms with Crippen molar-refractivity contribution < 1.29 is 4.79 Å². The van der Waals surface area contributed by atoms with Crippen LogP contribution in [0.3, 0.4) is 0 Å². The van der Waals surface area contributed by atoms with Crippen molar-refractivity contribution in [1.29, 1.82) is 0 Å². The van der Waals surface area contributed by atoms with Crippen LogP contribution in [0, 0.1) is 0 Å². The first-order chi connectivity index (χ1) is 8.00. The summed E-state index contributed by atoms with van der Waals surface area (Å²) in [6, 6.07) is 8.63. The average Bonchev–Trinajstić information content (AvgIpc) is 2.57. The predicted molar refractivity (Wildman–Crippen MR) is 73.1 cm³/mol. The third kappa shape index (κ3) is 2.34. The molecular formula is C14H19NOS. The van der Waals surface area contributed by atoms with E-state index in [2.05, 4.69) is 38.1 Å². The van der Waals surface area contributed by atoms with Crippen LogP contribution in [0.1, 0.15) is 43.2 Å². The van der Waals surface area contributed by atoms with Crippen LogP contribution in [-0.2, 0) is 4.79 Å². The van der Waals surface area contributed by atoms with Crippen LogP contribution in [0.15, 0.2) is 24.3 Å². The van der Waals surface area contributed by atoms with Gasteiger partial charge in [0.2, 0.25) is 5.91 Å². The van der Waals surface area contributed by atoms with Crippen molar-refractivity contribution in [2.24, 2.45) is 0 Å². The molecule has 1 fully saturated rings. The Kier molecular flexibility index (Phi) is 3.48. The van der Waals surface area contributed by atoms with Crippen LogP contribution >= 0.6 is 11.8 Å². The molecule has 0 radical (unpaired) electrons. The fraction of sp³-hybridized carbons (Fsp3) is 0.500. The maximum absolute atomic E-state index is 11.8. The number of carbonyl (C=O) groups is 1. The minimum atomic E-state index is 0.0785. The third-order valence-corrected chi connectivity index (χ3v) is 4.72. The smallest absolute Gasteiger partial charge is 0.236 e. The second kappa shape index (κ2) is 4.73. The minimum absolute atomic E-state index is 0.0785. The van der Waals surface area contributed by atoms with Crippen molar-refractivity contribution in [2.45, 2.75) is 37.3 Å². The van der Waals surface area contributed by atoms with Crippen molar-refractivity contribution in [3.05, 3.63) is 35.4 Å². The normalized spacial score (nSPS) is 24.8. The number of thioether (sulfide) groups is 1. The number of nitrogens with zero attached hydrogens (tertiary/aromatic N) is 1. The highest BCUT2D eigenvalue weighted by molar-refractivity contribution is 8.01. The highest BCUT2D eigenvalue weighted by Crippen LogP contribution is 2.41. The van der Waals surface area contributed by atoms with Gasteiger partial charge in [-0.2, -0.15) is 0 Å². The summed E-state index contributed by atoms with van der Waals surface area (Å²) in [6.45, 7) is 6.36. The lowest BCUT2D eigenvalue weighted by molar-refractivity contribution is -0.128. The van der Waals surface area contributed by atoms with Crippen molar-refractivity contribution >= 4 is 17.7 Å². The summed E-state index contributed by atoms with van der Waals surface area (Å²) in [7, 11) is 1.89. The Labute approximate surface area is 107 Å². The van der Waals surface area contributed by atoms with Crippen molar-refractivity contribution in [2.75, 3.05) is 7.05 Å². The minimum Gasteiger partial charge on any atom is -0.329 e. The van der Waals surface area contributed by atoms with Gasteiger partial charge < -0.3 is 4.90 Å². The Bertz CT molecular complexity index is 413. The van der Waals surface area contributed by atoms with Crippen molar-refractivity contribution in [1.82, 2.24) is 4.90 Å². The molecular weight excluding hydrogens is 230 g/mol. The number of hydrogen-bond acceptors (Lipinski definition) is 2. The summed E-state index contributed by atoms with van der Waals surface area (Å²) in [5, 5.41) is 0.258. The first-order valence-corrected chi connectivity index (χ1v) is 6.97. The van der Waals surface area contributed by atoms with Gasteiger partial charge in [-0.15, -0.1) is 11.8 Å². The summed E-state index contributed by atoms with van der Waals surface area (Å²) in [6.07, 6.45) is 0. The molecule has 2 rings (SSSR count). The molecule has 0 saturated carbocycles. The van der Waals surface area contributed by atoms with Crippen molar-refractivity contribution in [3.8, 4) is 0 Å². The summed E-state index contributed by atoms with van der Waals surface area (Å²) >= 11 is 1.73. The van der Waals surface area contributed by atoms with E-state index in [1.165, 1.54) is 11.1 Å². The van der Waals surface area contributed by atoms with Crippen LogP contribution in [0.2, 0.25) is 0 Å². The van der Waals surface area contributed by atoms with E-state index < -0.39 is 0 Å². The third-order valence-electron chi connectivity index (χ3n) is 3.27. The summed E-state index contributed by atoms with van der Waals surface area (Å²) < 4.78 is 0. The van der Waals surface area contributed by atoms with Crippen LogP contribution < -0.4 is 0 Å². The van der Waals surface area contributed by atoms with E-state index in [4.69, 9.17) is 0 Å². The molecule has 1 heterocycles. The van der Waals surface area contributed by atoms with Gasteiger partial charge in [0.15, 0.2) is 0 Å². The van der Waals surface area contributed by atoms with Gasteiger partial charge in [-0.1, -0.05) is 38.1 Å². The monoisotopic (exact) mass is 249 g/mol. The molecule has 1 aromatic carbocycles. The molecule has 1 aliphatic heterocycles. The van der Waals surface area contributed by atoms with Crippen LogP contribution in [-0.4, -0.2) is 23.1 Å².